The highest BCUT2D eigenvalue weighted by Crippen LogP contribution is 2.53. The smallest absolute Gasteiger partial charge is 0.274 e. The fourth-order valence-electron chi connectivity index (χ4n) is 5.36. The van der Waals surface area contributed by atoms with Gasteiger partial charge in [0.1, 0.15) is 22.8 Å². The van der Waals surface area contributed by atoms with Gasteiger partial charge in [0.25, 0.3) is 5.91 Å². The van der Waals surface area contributed by atoms with Gasteiger partial charge in [0, 0.05) is 24.8 Å². The number of nitrogens with zero attached hydrogens (tertiary/aromatic N) is 4. The lowest BCUT2D eigenvalue weighted by Crippen LogP contribution is -2.24. The number of carbonyl (C=O) groups excluding carboxylic acids is 1. The van der Waals surface area contributed by atoms with Crippen LogP contribution < -0.4 is 5.32 Å². The molecule has 2 aromatic heterocycles. The number of amides is 1. The van der Waals surface area contributed by atoms with Crippen molar-refractivity contribution in [3.05, 3.63) is 70.0 Å². The number of aryl methyl sites for hydroxylation is 1. The van der Waals surface area contributed by atoms with Crippen molar-refractivity contribution in [3.8, 4) is 11.8 Å². The lowest BCUT2D eigenvalue weighted by Gasteiger charge is -2.19. The SMILES string of the molecule is Cn1cnc(C2CC3CC(O)(C#Cc4ccnc(Cl)n4)CC3C2)c1C(=O)Nc1ccc(F)c(Cl)c1. The number of aliphatic hydroxyl groups is 1. The van der Waals surface area contributed by atoms with Gasteiger partial charge in [-0.3, -0.25) is 4.79 Å². The van der Waals surface area contributed by atoms with Crippen molar-refractivity contribution in [2.24, 2.45) is 18.9 Å². The van der Waals surface area contributed by atoms with E-state index in [-0.39, 0.29) is 34.0 Å². The van der Waals surface area contributed by atoms with Crippen LogP contribution in [-0.2, 0) is 7.05 Å². The van der Waals surface area contributed by atoms with Crippen molar-refractivity contribution >= 4 is 34.8 Å². The van der Waals surface area contributed by atoms with Gasteiger partial charge in [-0.05, 0) is 79.3 Å². The quantitative estimate of drug-likeness (QED) is 0.394. The summed E-state index contributed by atoms with van der Waals surface area (Å²) in [4.78, 5) is 25.5. The second-order valence-electron chi connectivity index (χ2n) is 9.26. The molecule has 0 aliphatic heterocycles. The van der Waals surface area contributed by atoms with Crippen LogP contribution in [0.4, 0.5) is 10.1 Å². The lowest BCUT2D eigenvalue weighted by molar-refractivity contribution is 0.0979. The van der Waals surface area contributed by atoms with Crippen molar-refractivity contribution in [2.45, 2.75) is 37.2 Å². The Morgan fingerprint density at radius 1 is 1.23 bits per heavy atom. The molecule has 1 aromatic carbocycles. The van der Waals surface area contributed by atoms with Crippen molar-refractivity contribution in [1.29, 1.82) is 0 Å². The molecule has 180 valence electrons. The Labute approximate surface area is 211 Å². The third kappa shape index (κ3) is 4.90. The highest BCUT2D eigenvalue weighted by atomic mass is 35.5. The van der Waals surface area contributed by atoms with Crippen LogP contribution in [0.25, 0.3) is 0 Å². The summed E-state index contributed by atoms with van der Waals surface area (Å²) in [5.41, 5.74) is 0.999. The second-order valence-corrected chi connectivity index (χ2v) is 10.0. The van der Waals surface area contributed by atoms with Crippen molar-refractivity contribution < 1.29 is 14.3 Å². The highest BCUT2D eigenvalue weighted by molar-refractivity contribution is 6.31. The average molecular weight is 514 g/mol. The third-order valence-corrected chi connectivity index (χ3v) is 7.31. The molecule has 2 aliphatic carbocycles. The summed E-state index contributed by atoms with van der Waals surface area (Å²) in [7, 11) is 1.77. The van der Waals surface area contributed by atoms with Crippen molar-refractivity contribution in [1.82, 2.24) is 19.5 Å². The molecular weight excluding hydrogens is 492 g/mol. The first-order valence-electron chi connectivity index (χ1n) is 11.2. The molecular formula is C25H22Cl2FN5O2. The Morgan fingerprint density at radius 3 is 2.66 bits per heavy atom. The fraction of sp³-hybridized carbons (Fsp3) is 0.360. The molecule has 0 bridgehead atoms. The fourth-order valence-corrected chi connectivity index (χ4v) is 5.69. The standard InChI is InChI=1S/C25H22Cl2FN5O2/c1-33-13-30-21(22(33)23(34)31-18-2-3-20(28)19(26)10-18)14-8-15-11-25(35,12-16(15)9-14)6-4-17-5-7-29-24(27)32-17/h2-3,5,7,10,13-16,35H,8-9,11-12H2,1H3,(H,31,34). The van der Waals surface area contributed by atoms with Crippen LogP contribution in [0.3, 0.4) is 0 Å². The Hall–Kier alpha value is -2.99. The summed E-state index contributed by atoms with van der Waals surface area (Å²) in [6.45, 7) is 0. The molecule has 0 saturated heterocycles. The van der Waals surface area contributed by atoms with E-state index in [9.17, 15) is 14.3 Å². The summed E-state index contributed by atoms with van der Waals surface area (Å²) in [6, 6.07) is 5.71. The van der Waals surface area contributed by atoms with Crippen LogP contribution in [0.15, 0.2) is 36.8 Å². The van der Waals surface area contributed by atoms with Gasteiger partial charge in [0.2, 0.25) is 5.28 Å². The first-order valence-corrected chi connectivity index (χ1v) is 12.0. The summed E-state index contributed by atoms with van der Waals surface area (Å²) in [5.74, 6) is 5.69. The number of carbonyl (C=O) groups is 1. The molecule has 2 atom stereocenters. The summed E-state index contributed by atoms with van der Waals surface area (Å²) in [6.07, 6.45) is 5.90. The molecule has 2 fully saturated rings. The number of anilines is 1. The number of hydrogen-bond acceptors (Lipinski definition) is 5. The minimum atomic E-state index is -1.08. The predicted octanol–water partition coefficient (Wildman–Crippen LogP) is 4.59. The number of imidazole rings is 1. The van der Waals surface area contributed by atoms with E-state index in [1.54, 1.807) is 24.0 Å². The van der Waals surface area contributed by atoms with Gasteiger partial charge in [-0.15, -0.1) is 0 Å². The van der Waals surface area contributed by atoms with Gasteiger partial charge in [0.05, 0.1) is 17.0 Å². The van der Waals surface area contributed by atoms with Crippen molar-refractivity contribution in [3.63, 3.8) is 0 Å². The minimum Gasteiger partial charge on any atom is -0.378 e. The maximum Gasteiger partial charge on any atom is 0.274 e. The molecule has 3 aromatic rings. The number of benzene rings is 1. The zero-order valence-electron chi connectivity index (χ0n) is 18.8. The van der Waals surface area contributed by atoms with E-state index in [4.69, 9.17) is 23.2 Å². The summed E-state index contributed by atoms with van der Waals surface area (Å²) in [5, 5.41) is 13.9. The molecule has 10 heteroatoms. The van der Waals surface area contributed by atoms with E-state index in [2.05, 4.69) is 32.1 Å². The molecule has 2 aliphatic rings. The second kappa shape index (κ2) is 9.23. The van der Waals surface area contributed by atoms with Gasteiger partial charge in [-0.1, -0.05) is 17.5 Å². The topological polar surface area (TPSA) is 92.9 Å². The molecule has 0 spiro atoms. The number of hydrogen-bond donors (Lipinski definition) is 2. The molecule has 0 radical (unpaired) electrons. The minimum absolute atomic E-state index is 0.0601. The largest absolute Gasteiger partial charge is 0.378 e. The van der Waals surface area contributed by atoms with Gasteiger partial charge in [0.15, 0.2) is 0 Å². The van der Waals surface area contributed by atoms with Gasteiger partial charge in [-0.2, -0.15) is 0 Å². The molecule has 2 heterocycles. The van der Waals surface area contributed by atoms with E-state index in [1.807, 2.05) is 0 Å². The van der Waals surface area contributed by atoms with Crippen LogP contribution in [-0.4, -0.2) is 36.1 Å². The van der Waals surface area contributed by atoms with Crippen LogP contribution in [0, 0.1) is 29.5 Å². The summed E-state index contributed by atoms with van der Waals surface area (Å²) >= 11 is 11.7. The Balaban J connectivity index is 1.29. The van der Waals surface area contributed by atoms with Crippen LogP contribution in [0.5, 0.6) is 0 Å². The molecule has 1 amide bonds. The Kier molecular flexibility index (Phi) is 6.26. The normalized spacial score (nSPS) is 25.1. The predicted molar refractivity (Wildman–Crippen MR) is 130 cm³/mol. The lowest BCUT2D eigenvalue weighted by atomic mass is 9.92. The van der Waals surface area contributed by atoms with Gasteiger partial charge < -0.3 is 15.0 Å². The maximum absolute atomic E-state index is 13.5. The van der Waals surface area contributed by atoms with E-state index in [0.717, 1.165) is 18.5 Å². The first kappa shape index (κ1) is 23.7. The highest BCUT2D eigenvalue weighted by Gasteiger charge is 2.49. The van der Waals surface area contributed by atoms with Gasteiger partial charge >= 0.3 is 0 Å². The number of halogens is 3. The monoisotopic (exact) mass is 513 g/mol. The number of aromatic nitrogens is 4. The van der Waals surface area contributed by atoms with Gasteiger partial charge in [-0.25, -0.2) is 19.3 Å². The average Bonchev–Trinajstić information content (AvgIpc) is 3.46. The number of rotatable bonds is 3. The third-order valence-electron chi connectivity index (χ3n) is 6.83. The van der Waals surface area contributed by atoms with E-state index < -0.39 is 11.4 Å². The van der Waals surface area contributed by atoms with Crippen molar-refractivity contribution in [2.75, 3.05) is 5.32 Å². The number of nitrogens with one attached hydrogen (secondary N) is 1. The zero-order valence-corrected chi connectivity index (χ0v) is 20.3. The Morgan fingerprint density at radius 2 is 1.97 bits per heavy atom. The molecule has 7 nitrogen and oxygen atoms in total. The molecule has 5 rings (SSSR count). The maximum atomic E-state index is 13.5. The van der Waals surface area contributed by atoms with Crippen LogP contribution >= 0.6 is 23.2 Å². The Bertz CT molecular complexity index is 1350. The molecule has 35 heavy (non-hydrogen) atoms. The van der Waals surface area contributed by atoms with E-state index in [1.165, 1.54) is 24.4 Å². The van der Waals surface area contributed by atoms with E-state index in [0.29, 0.717) is 29.9 Å². The molecule has 2 unspecified atom stereocenters. The zero-order chi connectivity index (χ0) is 24.7. The van der Waals surface area contributed by atoms with E-state index >= 15 is 0 Å². The molecule has 2 N–H and O–H groups in total. The number of fused-ring (bicyclic) bond motifs is 1. The molecule has 2 saturated carbocycles. The van der Waals surface area contributed by atoms with Crippen LogP contribution in [0.1, 0.15) is 53.5 Å². The van der Waals surface area contributed by atoms with Crippen LogP contribution in [0.2, 0.25) is 10.3 Å². The summed E-state index contributed by atoms with van der Waals surface area (Å²) < 4.78 is 15.2. The first-order chi connectivity index (χ1) is 16.7.